The predicted octanol–water partition coefficient (Wildman–Crippen LogP) is 3.40. The Hall–Kier alpha value is -3.32. The molecule has 1 aromatic heterocycles. The topological polar surface area (TPSA) is 62.6 Å². The van der Waals surface area contributed by atoms with E-state index in [1.54, 1.807) is 13.3 Å². The lowest BCUT2D eigenvalue weighted by Gasteiger charge is -2.62. The van der Waals surface area contributed by atoms with Crippen molar-refractivity contribution in [1.82, 2.24) is 20.0 Å². The maximum Gasteiger partial charge on any atom is 0.252 e. The van der Waals surface area contributed by atoms with Crippen molar-refractivity contribution in [2.45, 2.75) is 32.0 Å². The number of carbonyl (C=O) groups excluding carboxylic acids is 1. The van der Waals surface area contributed by atoms with Crippen LogP contribution in [0.5, 0.6) is 5.75 Å². The fraction of sp³-hybridized carbons (Fsp3) is 0.385. The quantitative estimate of drug-likeness (QED) is 0.630. The van der Waals surface area contributed by atoms with Crippen LogP contribution in [0.1, 0.15) is 34.5 Å². The number of likely N-dealkylation sites (N-methyl/N-ethyl adjacent to an activating group) is 1. The van der Waals surface area contributed by atoms with E-state index < -0.39 is 0 Å². The lowest BCUT2D eigenvalue weighted by atomic mass is 9.85. The molecule has 172 valence electrons. The molecule has 0 saturated carbocycles. The van der Waals surface area contributed by atoms with Crippen LogP contribution in [0.15, 0.2) is 48.7 Å². The highest BCUT2D eigenvalue weighted by Gasteiger charge is 2.49. The largest absolute Gasteiger partial charge is 0.497 e. The number of amides is 1. The summed E-state index contributed by atoms with van der Waals surface area (Å²) in [7, 11) is 5.74. The molecule has 7 heteroatoms. The molecule has 2 fully saturated rings. The van der Waals surface area contributed by atoms with Gasteiger partial charge >= 0.3 is 0 Å². The van der Waals surface area contributed by atoms with Crippen LogP contribution in [0, 0.1) is 6.92 Å². The van der Waals surface area contributed by atoms with Crippen LogP contribution in [-0.4, -0.2) is 59.9 Å². The van der Waals surface area contributed by atoms with Gasteiger partial charge in [0.15, 0.2) is 0 Å². The molecule has 0 aliphatic carbocycles. The minimum atomic E-state index is -0.184. The Bertz CT molecular complexity index is 1200. The number of piperazine rings is 1. The first-order chi connectivity index (χ1) is 15.9. The summed E-state index contributed by atoms with van der Waals surface area (Å²) < 4.78 is 7.36. The van der Waals surface area contributed by atoms with Gasteiger partial charge < -0.3 is 15.0 Å². The van der Waals surface area contributed by atoms with E-state index in [9.17, 15) is 4.79 Å². The number of benzene rings is 2. The van der Waals surface area contributed by atoms with Crippen molar-refractivity contribution in [3.63, 3.8) is 0 Å². The van der Waals surface area contributed by atoms with Crippen LogP contribution < -0.4 is 15.0 Å². The summed E-state index contributed by atoms with van der Waals surface area (Å²) in [5.74, 6) is 0.690. The molecule has 2 aliphatic rings. The van der Waals surface area contributed by atoms with E-state index in [2.05, 4.69) is 45.5 Å². The zero-order valence-electron chi connectivity index (χ0n) is 19.9. The second kappa shape index (κ2) is 8.23. The number of carbonyl (C=O) groups is 1. The Morgan fingerprint density at radius 3 is 2.58 bits per heavy atom. The van der Waals surface area contributed by atoms with Gasteiger partial charge in [-0.1, -0.05) is 6.07 Å². The molecule has 3 heterocycles. The fourth-order valence-electron chi connectivity index (χ4n) is 4.96. The Balaban J connectivity index is 1.36. The summed E-state index contributed by atoms with van der Waals surface area (Å²) in [5.41, 5.74) is 5.81. The third kappa shape index (κ3) is 3.76. The Labute approximate surface area is 195 Å². The summed E-state index contributed by atoms with van der Waals surface area (Å²) in [6, 6.07) is 15.3. The molecule has 2 unspecified atom stereocenters. The number of aromatic nitrogens is 2. The number of fused-ring (bicyclic) bond motifs is 1. The van der Waals surface area contributed by atoms with Crippen molar-refractivity contribution >= 4 is 11.6 Å². The molecule has 5 rings (SSSR count). The Morgan fingerprint density at radius 1 is 1.12 bits per heavy atom. The third-order valence-electron chi connectivity index (χ3n) is 7.20. The number of methoxy groups -OCH3 is 1. The summed E-state index contributed by atoms with van der Waals surface area (Å²) >= 11 is 0. The van der Waals surface area contributed by atoms with Gasteiger partial charge in [-0.3, -0.25) is 14.4 Å². The van der Waals surface area contributed by atoms with E-state index in [1.165, 1.54) is 0 Å². The van der Waals surface area contributed by atoms with Gasteiger partial charge in [-0.15, -0.1) is 0 Å². The molecule has 3 atom stereocenters. The maximum atomic E-state index is 13.3. The maximum absolute atomic E-state index is 13.3. The second-order valence-corrected chi connectivity index (χ2v) is 9.26. The van der Waals surface area contributed by atoms with Gasteiger partial charge in [0, 0.05) is 49.2 Å². The zero-order chi connectivity index (χ0) is 23.3. The Kier molecular flexibility index (Phi) is 5.37. The van der Waals surface area contributed by atoms with Crippen LogP contribution in [-0.2, 0) is 7.05 Å². The molecule has 1 N–H and O–H groups in total. The summed E-state index contributed by atoms with van der Waals surface area (Å²) in [4.78, 5) is 18.1. The summed E-state index contributed by atoms with van der Waals surface area (Å²) in [6.45, 7) is 6.11. The fourth-order valence-corrected chi connectivity index (χ4v) is 4.96. The van der Waals surface area contributed by atoms with Crippen molar-refractivity contribution in [2.24, 2.45) is 7.05 Å². The van der Waals surface area contributed by atoms with E-state index in [1.807, 2.05) is 49.8 Å². The van der Waals surface area contributed by atoms with Crippen molar-refractivity contribution in [1.29, 1.82) is 0 Å². The number of aryl methyl sites for hydroxylation is 2. The highest BCUT2D eigenvalue weighted by Crippen LogP contribution is 2.37. The van der Waals surface area contributed by atoms with E-state index in [4.69, 9.17) is 4.74 Å². The molecule has 0 radical (unpaired) electrons. The first kappa shape index (κ1) is 21.5. The number of likely N-dealkylation sites (tertiary alicyclic amines) is 1. The molecule has 2 aliphatic heterocycles. The summed E-state index contributed by atoms with van der Waals surface area (Å²) in [5, 5.41) is 7.46. The van der Waals surface area contributed by atoms with E-state index in [0.717, 1.165) is 52.5 Å². The Morgan fingerprint density at radius 2 is 1.94 bits per heavy atom. The van der Waals surface area contributed by atoms with Gasteiger partial charge in [-0.25, -0.2) is 0 Å². The second-order valence-electron chi connectivity index (χ2n) is 9.26. The average molecular weight is 446 g/mol. The molecule has 2 saturated heterocycles. The molecular weight excluding hydrogens is 414 g/mol. The van der Waals surface area contributed by atoms with Gasteiger partial charge in [-0.2, -0.15) is 5.10 Å². The van der Waals surface area contributed by atoms with E-state index in [-0.39, 0.29) is 11.9 Å². The number of nitrogens with zero attached hydrogens (tertiary/aromatic N) is 4. The minimum absolute atomic E-state index is 0.0606. The molecular formula is C26H31N5O2. The van der Waals surface area contributed by atoms with Crippen LogP contribution in [0.25, 0.3) is 11.3 Å². The lowest BCUT2D eigenvalue weighted by Crippen LogP contribution is -2.78. The van der Waals surface area contributed by atoms with Crippen LogP contribution >= 0.6 is 0 Å². The number of ether oxygens (including phenoxy) is 1. The number of nitrogens with one attached hydrogen (secondary N) is 1. The van der Waals surface area contributed by atoms with Gasteiger partial charge in [0.1, 0.15) is 5.75 Å². The minimum Gasteiger partial charge on any atom is -0.497 e. The zero-order valence-corrected chi connectivity index (χ0v) is 19.9. The lowest BCUT2D eigenvalue weighted by molar-refractivity contribution is 0.0368. The van der Waals surface area contributed by atoms with Gasteiger partial charge in [-0.05, 0) is 68.4 Å². The standard InChI is InChI=1S/C26H31N5O2/c1-16-6-7-20(31-15-24-25(31)14-29(24)3)13-22(16)26(32)28-17(2)18-10-19(12-21(11-18)33-5)23-8-9-27-30(23)4/h6-13,17,24-25H,14-15H2,1-5H3,(H,28,32)/t17-,24?,25?/m1/s1. The van der Waals surface area contributed by atoms with E-state index in [0.29, 0.717) is 12.1 Å². The van der Waals surface area contributed by atoms with Crippen molar-refractivity contribution in [3.8, 4) is 17.0 Å². The highest BCUT2D eigenvalue weighted by atomic mass is 16.5. The number of hydrogen-bond acceptors (Lipinski definition) is 5. The third-order valence-corrected chi connectivity index (χ3v) is 7.20. The molecule has 7 nitrogen and oxygen atoms in total. The van der Waals surface area contributed by atoms with Crippen molar-refractivity contribution in [2.75, 3.05) is 32.1 Å². The number of anilines is 1. The molecule has 1 amide bonds. The summed E-state index contributed by atoms with van der Waals surface area (Å²) in [6.07, 6.45) is 1.78. The van der Waals surface area contributed by atoms with Gasteiger partial charge in [0.05, 0.1) is 24.9 Å². The normalized spacial score (nSPS) is 20.5. The van der Waals surface area contributed by atoms with Gasteiger partial charge in [0.2, 0.25) is 0 Å². The molecule has 3 aromatic rings. The van der Waals surface area contributed by atoms with Crippen LogP contribution in [0.3, 0.4) is 0 Å². The van der Waals surface area contributed by atoms with Gasteiger partial charge in [0.25, 0.3) is 5.91 Å². The number of rotatable bonds is 6. The van der Waals surface area contributed by atoms with Crippen LogP contribution in [0.4, 0.5) is 5.69 Å². The smallest absolute Gasteiger partial charge is 0.252 e. The average Bonchev–Trinajstić information content (AvgIpc) is 3.23. The molecule has 0 bridgehead atoms. The monoisotopic (exact) mass is 445 g/mol. The molecule has 2 aromatic carbocycles. The molecule has 0 spiro atoms. The van der Waals surface area contributed by atoms with E-state index >= 15 is 0 Å². The predicted molar refractivity (Wildman–Crippen MR) is 130 cm³/mol. The molecule has 33 heavy (non-hydrogen) atoms. The van der Waals surface area contributed by atoms with Crippen LogP contribution in [0.2, 0.25) is 0 Å². The first-order valence-electron chi connectivity index (χ1n) is 11.4. The first-order valence-corrected chi connectivity index (χ1v) is 11.4. The van der Waals surface area contributed by atoms with Crippen molar-refractivity contribution in [3.05, 3.63) is 65.4 Å². The SMILES string of the molecule is COc1cc(-c2ccnn2C)cc([C@@H](C)NC(=O)c2cc(N3CC4C3CN4C)ccc2C)c1. The highest BCUT2D eigenvalue weighted by molar-refractivity contribution is 5.97. The number of hydrogen-bond donors (Lipinski definition) is 1. The van der Waals surface area contributed by atoms with Crippen molar-refractivity contribution < 1.29 is 9.53 Å².